The van der Waals surface area contributed by atoms with Crippen LogP contribution in [0, 0.1) is 6.92 Å². The van der Waals surface area contributed by atoms with Crippen molar-refractivity contribution >= 4 is 35.0 Å². The second-order valence-electron chi connectivity index (χ2n) is 8.31. The molecule has 1 aliphatic rings. The zero-order valence-corrected chi connectivity index (χ0v) is 20.3. The summed E-state index contributed by atoms with van der Waals surface area (Å²) in [4.78, 5) is 31.9. The smallest absolute Gasteiger partial charge is 0.410 e. The largest absolute Gasteiger partial charge is 0.491 e. The lowest BCUT2D eigenvalue weighted by atomic mass is 10.1. The highest BCUT2D eigenvalue weighted by atomic mass is 35.5. The standard InChI is InChI=1S/C22H27ClN2O6S/c1-13-10-24-19(32-13)16-8-15(9-17(18(16)23)20(26)28-5)30-12-14-11-29-7-6-25(14)21(27)31-22(2,3)4/h8-10,14H,6-7,11-12H2,1-5H3. The van der Waals surface area contributed by atoms with Gasteiger partial charge in [-0.25, -0.2) is 14.6 Å². The number of methoxy groups -OCH3 is 1. The van der Waals surface area contributed by atoms with E-state index in [1.54, 1.807) is 17.2 Å². The fourth-order valence-corrected chi connectivity index (χ4v) is 4.24. The summed E-state index contributed by atoms with van der Waals surface area (Å²) in [5.74, 6) is -0.168. The summed E-state index contributed by atoms with van der Waals surface area (Å²) in [6.07, 6.45) is 1.32. The lowest BCUT2D eigenvalue weighted by Gasteiger charge is -2.36. The highest BCUT2D eigenvalue weighted by Crippen LogP contribution is 2.37. The van der Waals surface area contributed by atoms with Crippen LogP contribution in [-0.4, -0.2) is 67.1 Å². The number of aromatic nitrogens is 1. The number of hydrogen-bond acceptors (Lipinski definition) is 8. The number of benzene rings is 1. The van der Waals surface area contributed by atoms with Crippen LogP contribution in [0.2, 0.25) is 5.02 Å². The summed E-state index contributed by atoms with van der Waals surface area (Å²) < 4.78 is 21.9. The van der Waals surface area contributed by atoms with Crippen LogP contribution in [0.1, 0.15) is 36.0 Å². The van der Waals surface area contributed by atoms with Gasteiger partial charge in [-0.2, -0.15) is 0 Å². The van der Waals surface area contributed by atoms with Gasteiger partial charge in [0.15, 0.2) is 0 Å². The zero-order valence-electron chi connectivity index (χ0n) is 18.8. The SMILES string of the molecule is COC(=O)c1cc(OCC2COCCN2C(=O)OC(C)(C)C)cc(-c2ncc(C)s2)c1Cl. The van der Waals surface area contributed by atoms with Crippen LogP contribution >= 0.6 is 22.9 Å². The molecule has 1 saturated heterocycles. The predicted octanol–water partition coefficient (Wildman–Crippen LogP) is 4.57. The Labute approximate surface area is 196 Å². The Balaban J connectivity index is 1.84. The quantitative estimate of drug-likeness (QED) is 0.576. The van der Waals surface area contributed by atoms with E-state index in [0.717, 1.165) is 4.88 Å². The van der Waals surface area contributed by atoms with Crippen molar-refractivity contribution in [3.63, 3.8) is 0 Å². The van der Waals surface area contributed by atoms with E-state index < -0.39 is 17.7 Å². The molecule has 0 aliphatic carbocycles. The summed E-state index contributed by atoms with van der Waals surface area (Å²) >= 11 is 7.95. The highest BCUT2D eigenvalue weighted by Gasteiger charge is 2.32. The van der Waals surface area contributed by atoms with Crippen LogP contribution in [-0.2, 0) is 14.2 Å². The number of halogens is 1. The molecule has 32 heavy (non-hydrogen) atoms. The molecule has 0 saturated carbocycles. The molecule has 0 N–H and O–H groups in total. The third kappa shape index (κ3) is 5.90. The summed E-state index contributed by atoms with van der Waals surface area (Å²) in [6.45, 7) is 8.69. The number of morpholine rings is 1. The third-order valence-electron chi connectivity index (χ3n) is 4.60. The first-order valence-electron chi connectivity index (χ1n) is 10.1. The van der Waals surface area contributed by atoms with E-state index in [2.05, 4.69) is 4.98 Å². The van der Waals surface area contributed by atoms with E-state index in [9.17, 15) is 9.59 Å². The predicted molar refractivity (Wildman–Crippen MR) is 122 cm³/mol. The first-order valence-corrected chi connectivity index (χ1v) is 11.3. The van der Waals surface area contributed by atoms with Gasteiger partial charge in [-0.3, -0.25) is 4.90 Å². The summed E-state index contributed by atoms with van der Waals surface area (Å²) in [5, 5.41) is 0.911. The van der Waals surface area contributed by atoms with E-state index in [0.29, 0.717) is 36.1 Å². The number of esters is 1. The van der Waals surface area contributed by atoms with E-state index in [1.807, 2.05) is 27.7 Å². The van der Waals surface area contributed by atoms with Gasteiger partial charge in [0.1, 0.15) is 23.0 Å². The van der Waals surface area contributed by atoms with Gasteiger partial charge in [0.05, 0.1) is 37.0 Å². The van der Waals surface area contributed by atoms with Crippen LogP contribution in [0.5, 0.6) is 5.75 Å². The number of nitrogens with zero attached hydrogens (tertiary/aromatic N) is 2. The first-order chi connectivity index (χ1) is 15.1. The minimum atomic E-state index is -0.604. The molecule has 2 aromatic rings. The fraction of sp³-hybridized carbons (Fsp3) is 0.500. The number of amides is 1. The van der Waals surface area contributed by atoms with Crippen LogP contribution in [0.4, 0.5) is 4.79 Å². The third-order valence-corrected chi connectivity index (χ3v) is 5.95. The molecular formula is C22H27ClN2O6S. The Hall–Kier alpha value is -2.36. The maximum atomic E-state index is 12.6. The Bertz CT molecular complexity index is 987. The minimum Gasteiger partial charge on any atom is -0.491 e. The average molecular weight is 483 g/mol. The van der Waals surface area contributed by atoms with Crippen LogP contribution in [0.15, 0.2) is 18.3 Å². The van der Waals surface area contributed by atoms with Gasteiger partial charge in [-0.1, -0.05) is 11.6 Å². The molecule has 2 heterocycles. The molecule has 1 fully saturated rings. The normalized spacial score (nSPS) is 16.6. The topological polar surface area (TPSA) is 87.2 Å². The second kappa shape index (κ2) is 10.1. The maximum absolute atomic E-state index is 12.6. The molecule has 1 atom stereocenters. The van der Waals surface area contributed by atoms with Crippen molar-refractivity contribution in [1.29, 1.82) is 0 Å². The van der Waals surface area contributed by atoms with E-state index in [1.165, 1.54) is 24.5 Å². The first kappa shape index (κ1) is 24.3. The Morgan fingerprint density at radius 2 is 2.09 bits per heavy atom. The molecule has 1 unspecified atom stereocenters. The molecule has 3 rings (SSSR count). The zero-order chi connectivity index (χ0) is 23.5. The number of carbonyl (C=O) groups is 2. The second-order valence-corrected chi connectivity index (χ2v) is 9.93. The number of hydrogen-bond donors (Lipinski definition) is 0. The molecule has 10 heteroatoms. The number of rotatable bonds is 5. The summed E-state index contributed by atoms with van der Waals surface area (Å²) in [5.41, 5.74) is 0.151. The van der Waals surface area contributed by atoms with Gasteiger partial charge in [0.25, 0.3) is 0 Å². The van der Waals surface area contributed by atoms with Crippen molar-refractivity contribution in [2.45, 2.75) is 39.3 Å². The van der Waals surface area contributed by atoms with Crippen molar-refractivity contribution in [3.05, 3.63) is 33.8 Å². The molecule has 8 nitrogen and oxygen atoms in total. The van der Waals surface area contributed by atoms with Crippen LogP contribution < -0.4 is 4.74 Å². The minimum absolute atomic E-state index is 0.151. The van der Waals surface area contributed by atoms with Crippen molar-refractivity contribution in [1.82, 2.24) is 9.88 Å². The number of thiazole rings is 1. The molecule has 1 aromatic heterocycles. The van der Waals surface area contributed by atoms with Gasteiger partial charge in [-0.05, 0) is 39.8 Å². The Kier molecular flexibility index (Phi) is 7.63. The van der Waals surface area contributed by atoms with Crippen molar-refractivity contribution in [2.24, 2.45) is 0 Å². The molecule has 1 aromatic carbocycles. The van der Waals surface area contributed by atoms with Crippen LogP contribution in [0.3, 0.4) is 0 Å². The van der Waals surface area contributed by atoms with Gasteiger partial charge in [0.2, 0.25) is 0 Å². The van der Waals surface area contributed by atoms with Crippen molar-refractivity contribution in [3.8, 4) is 16.3 Å². The Morgan fingerprint density at radius 1 is 1.34 bits per heavy atom. The molecule has 1 aliphatic heterocycles. The van der Waals surface area contributed by atoms with E-state index >= 15 is 0 Å². The molecule has 1 amide bonds. The van der Waals surface area contributed by atoms with E-state index in [-0.39, 0.29) is 23.2 Å². The van der Waals surface area contributed by atoms with Gasteiger partial charge >= 0.3 is 12.1 Å². The number of aryl methyl sites for hydroxylation is 1. The lowest BCUT2D eigenvalue weighted by molar-refractivity contribution is -0.0418. The van der Waals surface area contributed by atoms with Gasteiger partial charge in [0, 0.05) is 23.2 Å². The molecular weight excluding hydrogens is 456 g/mol. The molecule has 0 radical (unpaired) electrons. The van der Waals surface area contributed by atoms with Crippen LogP contribution in [0.25, 0.3) is 10.6 Å². The molecule has 174 valence electrons. The molecule has 0 spiro atoms. The number of ether oxygens (including phenoxy) is 4. The van der Waals surface area contributed by atoms with E-state index in [4.69, 9.17) is 30.5 Å². The van der Waals surface area contributed by atoms with Crippen molar-refractivity contribution < 1.29 is 28.5 Å². The molecule has 0 bridgehead atoms. The average Bonchev–Trinajstić information content (AvgIpc) is 3.17. The number of carbonyl (C=O) groups excluding carboxylic acids is 2. The van der Waals surface area contributed by atoms with Gasteiger partial charge < -0.3 is 18.9 Å². The fourth-order valence-electron chi connectivity index (χ4n) is 3.12. The maximum Gasteiger partial charge on any atom is 0.410 e. The monoisotopic (exact) mass is 482 g/mol. The highest BCUT2D eigenvalue weighted by molar-refractivity contribution is 7.15. The Morgan fingerprint density at radius 3 is 2.72 bits per heavy atom. The summed E-state index contributed by atoms with van der Waals surface area (Å²) in [7, 11) is 1.29. The van der Waals surface area contributed by atoms with Crippen molar-refractivity contribution in [2.75, 3.05) is 33.5 Å². The summed E-state index contributed by atoms with van der Waals surface area (Å²) in [6, 6.07) is 2.91. The lowest BCUT2D eigenvalue weighted by Crippen LogP contribution is -2.52. The van der Waals surface area contributed by atoms with Gasteiger partial charge in [-0.15, -0.1) is 11.3 Å².